The van der Waals surface area contributed by atoms with E-state index >= 15 is 0 Å². The molecule has 0 bridgehead atoms. The molecule has 0 aliphatic heterocycles. The molecular weight excluding hydrogens is 230 g/mol. The maximum Gasteiger partial charge on any atom is 0.105 e. The molecule has 1 nitrogen and oxygen atoms in total. The zero-order chi connectivity index (χ0) is 9.97. The van der Waals surface area contributed by atoms with Crippen LogP contribution in [0.2, 0.25) is 0 Å². The van der Waals surface area contributed by atoms with Crippen LogP contribution in [-0.4, -0.2) is 0 Å². The zero-order valence-electron chi connectivity index (χ0n) is 7.61. The van der Waals surface area contributed by atoms with Gasteiger partial charge < -0.3 is 5.32 Å². The lowest BCUT2D eigenvalue weighted by Crippen LogP contribution is -1.89. The summed E-state index contributed by atoms with van der Waals surface area (Å²) in [5.74, 6) is 0. The lowest BCUT2D eigenvalue weighted by Gasteiger charge is -2.05. The molecule has 14 heavy (non-hydrogen) atoms. The first kappa shape index (κ1) is 9.83. The molecule has 0 saturated heterocycles. The second-order valence-electron chi connectivity index (χ2n) is 2.93. The van der Waals surface area contributed by atoms with Crippen molar-refractivity contribution in [2.45, 2.75) is 6.92 Å². The third kappa shape index (κ3) is 2.20. The summed E-state index contributed by atoms with van der Waals surface area (Å²) in [5.41, 5.74) is 2.40. The molecule has 4 heteroatoms. The van der Waals surface area contributed by atoms with Gasteiger partial charge >= 0.3 is 0 Å². The minimum atomic E-state index is 0.936. The van der Waals surface area contributed by atoms with Crippen molar-refractivity contribution >= 4 is 43.6 Å². The molecule has 0 fully saturated rings. The predicted molar refractivity (Wildman–Crippen MR) is 67.5 cm³/mol. The Kier molecular flexibility index (Phi) is 2.96. The van der Waals surface area contributed by atoms with E-state index in [9.17, 15) is 0 Å². The van der Waals surface area contributed by atoms with Gasteiger partial charge in [0.05, 0.1) is 0 Å². The number of aryl methyl sites for hydroxylation is 1. The van der Waals surface area contributed by atoms with Crippen LogP contribution in [0.3, 0.4) is 0 Å². The van der Waals surface area contributed by atoms with Crippen molar-refractivity contribution in [2.24, 2.45) is 0 Å². The molecule has 1 aromatic carbocycles. The quantitative estimate of drug-likeness (QED) is 0.607. The number of nitrogens with one attached hydrogen (secondary N) is 1. The average Bonchev–Trinajstić information content (AvgIpc) is 2.56. The fraction of sp³-hybridized carbons (Fsp3) is 0.100. The van der Waals surface area contributed by atoms with Crippen molar-refractivity contribution in [1.82, 2.24) is 0 Å². The molecular formula is C10H9NS3. The molecule has 0 radical (unpaired) electrons. The zero-order valence-corrected chi connectivity index (χ0v) is 10.1. The number of rotatable bonds is 2. The van der Waals surface area contributed by atoms with E-state index in [0.29, 0.717) is 0 Å². The number of hydrogen-bond donors (Lipinski definition) is 1. The van der Waals surface area contributed by atoms with Crippen molar-refractivity contribution in [3.63, 3.8) is 0 Å². The molecule has 0 saturated carbocycles. The van der Waals surface area contributed by atoms with Crippen LogP contribution in [0.15, 0.2) is 30.3 Å². The maximum atomic E-state index is 5.07. The molecule has 2 aromatic rings. The minimum Gasteiger partial charge on any atom is -0.346 e. The van der Waals surface area contributed by atoms with Gasteiger partial charge in [0, 0.05) is 11.8 Å². The molecule has 0 spiro atoms. The highest BCUT2D eigenvalue weighted by Gasteiger charge is 1.98. The first-order chi connectivity index (χ1) is 6.75. The van der Waals surface area contributed by atoms with E-state index in [1.54, 1.807) is 20.7 Å². The second kappa shape index (κ2) is 4.21. The van der Waals surface area contributed by atoms with Crippen molar-refractivity contribution in [3.8, 4) is 0 Å². The minimum absolute atomic E-state index is 0.936. The maximum absolute atomic E-state index is 5.07. The van der Waals surface area contributed by atoms with Gasteiger partial charge in [-0.1, -0.05) is 51.1 Å². The van der Waals surface area contributed by atoms with E-state index in [0.717, 1.165) is 14.5 Å². The number of para-hydroxylation sites is 1. The van der Waals surface area contributed by atoms with E-state index in [4.69, 9.17) is 12.2 Å². The van der Waals surface area contributed by atoms with Crippen molar-refractivity contribution < 1.29 is 0 Å². The Morgan fingerprint density at radius 1 is 1.21 bits per heavy atom. The SMILES string of the molecule is Cc1ccccc1Nc1cc(=S)ss1. The number of hydrogen-bond acceptors (Lipinski definition) is 4. The monoisotopic (exact) mass is 239 g/mol. The molecule has 72 valence electrons. The fourth-order valence-corrected chi connectivity index (χ4v) is 3.30. The Balaban J connectivity index is 2.27. The highest BCUT2D eigenvalue weighted by atomic mass is 32.9. The lowest BCUT2D eigenvalue weighted by atomic mass is 10.2. The Hall–Kier alpha value is -0.710. The molecule has 0 atom stereocenters. The first-order valence-corrected chi connectivity index (χ1v) is 6.74. The molecule has 1 heterocycles. The van der Waals surface area contributed by atoms with Crippen LogP contribution < -0.4 is 5.32 Å². The summed E-state index contributed by atoms with van der Waals surface area (Å²) in [6.45, 7) is 2.09. The summed E-state index contributed by atoms with van der Waals surface area (Å²) in [7, 11) is 3.30. The van der Waals surface area contributed by atoms with Gasteiger partial charge in [0.25, 0.3) is 0 Å². The van der Waals surface area contributed by atoms with Gasteiger partial charge in [0.15, 0.2) is 0 Å². The van der Waals surface area contributed by atoms with Crippen LogP contribution in [0.4, 0.5) is 10.7 Å². The lowest BCUT2D eigenvalue weighted by molar-refractivity contribution is 1.45. The number of benzene rings is 1. The molecule has 2 rings (SSSR count). The summed E-state index contributed by atoms with van der Waals surface area (Å²) in [6.07, 6.45) is 0. The molecule has 0 aliphatic rings. The summed E-state index contributed by atoms with van der Waals surface area (Å²) < 4.78 is 0.936. The van der Waals surface area contributed by atoms with Crippen LogP contribution in [0.5, 0.6) is 0 Å². The third-order valence-electron chi connectivity index (χ3n) is 1.87. The largest absolute Gasteiger partial charge is 0.346 e. The van der Waals surface area contributed by atoms with E-state index in [1.807, 2.05) is 18.2 Å². The molecule has 1 N–H and O–H groups in total. The van der Waals surface area contributed by atoms with Gasteiger partial charge in [-0.05, 0) is 18.6 Å². The van der Waals surface area contributed by atoms with Gasteiger partial charge in [-0.25, -0.2) is 0 Å². The topological polar surface area (TPSA) is 12.0 Å². The van der Waals surface area contributed by atoms with Crippen molar-refractivity contribution in [2.75, 3.05) is 5.32 Å². The first-order valence-electron chi connectivity index (χ1n) is 4.18. The van der Waals surface area contributed by atoms with E-state index in [1.165, 1.54) is 5.56 Å². The standard InChI is InChI=1S/C10H9NS3/c1-7-4-2-3-5-8(7)11-9-6-10(12)14-13-9/h2-6,11H,1H3. The van der Waals surface area contributed by atoms with Crippen LogP contribution in [-0.2, 0) is 0 Å². The fourth-order valence-electron chi connectivity index (χ4n) is 1.14. The van der Waals surface area contributed by atoms with Crippen LogP contribution in [0.1, 0.15) is 5.56 Å². The van der Waals surface area contributed by atoms with Crippen LogP contribution in [0.25, 0.3) is 0 Å². The molecule has 0 amide bonds. The third-order valence-corrected chi connectivity index (χ3v) is 4.64. The summed E-state index contributed by atoms with van der Waals surface area (Å²) in [6, 6.07) is 10.2. The van der Waals surface area contributed by atoms with Gasteiger partial charge in [-0.15, -0.1) is 0 Å². The predicted octanol–water partition coefficient (Wildman–Crippen LogP) is 4.59. The van der Waals surface area contributed by atoms with Crippen LogP contribution >= 0.6 is 32.9 Å². The summed E-state index contributed by atoms with van der Waals surface area (Å²) in [5, 5.41) is 4.47. The average molecular weight is 239 g/mol. The normalized spacial score (nSPS) is 10.1. The van der Waals surface area contributed by atoms with Crippen molar-refractivity contribution in [1.29, 1.82) is 0 Å². The highest BCUT2D eigenvalue weighted by Crippen LogP contribution is 2.27. The van der Waals surface area contributed by atoms with E-state index < -0.39 is 0 Å². The smallest absolute Gasteiger partial charge is 0.105 e. The van der Waals surface area contributed by atoms with Gasteiger partial charge in [-0.3, -0.25) is 0 Å². The van der Waals surface area contributed by atoms with E-state index in [2.05, 4.69) is 24.4 Å². The number of anilines is 2. The van der Waals surface area contributed by atoms with E-state index in [-0.39, 0.29) is 0 Å². The summed E-state index contributed by atoms with van der Waals surface area (Å²) in [4.78, 5) is 0. The Morgan fingerprint density at radius 2 is 2.00 bits per heavy atom. The second-order valence-corrected chi connectivity index (χ2v) is 5.85. The Bertz CT molecular complexity index is 484. The van der Waals surface area contributed by atoms with Crippen molar-refractivity contribution in [3.05, 3.63) is 39.7 Å². The molecule has 0 unspecified atom stereocenters. The van der Waals surface area contributed by atoms with Crippen LogP contribution in [0, 0.1) is 10.7 Å². The van der Waals surface area contributed by atoms with Gasteiger partial charge in [-0.2, -0.15) is 0 Å². The van der Waals surface area contributed by atoms with Gasteiger partial charge in [0.2, 0.25) is 0 Å². The summed E-state index contributed by atoms with van der Waals surface area (Å²) >= 11 is 5.07. The van der Waals surface area contributed by atoms with Gasteiger partial charge in [0.1, 0.15) is 8.82 Å². The molecule has 0 aliphatic carbocycles. The molecule has 1 aromatic heterocycles. The Morgan fingerprint density at radius 3 is 2.64 bits per heavy atom. The Labute approximate surface area is 95.4 Å². The highest BCUT2D eigenvalue weighted by molar-refractivity contribution is 7.80.